The molecule has 0 amide bonds. The van der Waals surface area contributed by atoms with E-state index in [0.29, 0.717) is 32.0 Å². The third-order valence-electron chi connectivity index (χ3n) is 3.47. The van der Waals surface area contributed by atoms with Gasteiger partial charge >= 0.3 is 0 Å². The average molecular weight is 317 g/mol. The molecule has 1 aromatic rings. The van der Waals surface area contributed by atoms with E-state index in [-0.39, 0.29) is 6.04 Å². The van der Waals surface area contributed by atoms with Gasteiger partial charge in [0.2, 0.25) is 10.0 Å². The van der Waals surface area contributed by atoms with Gasteiger partial charge in [-0.1, -0.05) is 0 Å². The zero-order chi connectivity index (χ0) is 15.6. The van der Waals surface area contributed by atoms with Gasteiger partial charge in [-0.15, -0.1) is 0 Å². The largest absolute Gasteiger partial charge is 0.318 e. The number of nitrogens with zero attached hydrogens (tertiary/aromatic N) is 2. The van der Waals surface area contributed by atoms with Crippen molar-refractivity contribution in [1.29, 1.82) is 0 Å². The molecule has 0 bridgehead atoms. The molecule has 1 unspecified atom stereocenters. The second kappa shape index (κ2) is 6.04. The fourth-order valence-corrected chi connectivity index (χ4v) is 4.38. The van der Waals surface area contributed by atoms with Crippen molar-refractivity contribution in [3.8, 4) is 0 Å². The highest BCUT2D eigenvalue weighted by atomic mass is 32.2. The molecule has 116 valence electrons. The Kier molecular flexibility index (Phi) is 4.55. The third kappa shape index (κ3) is 3.04. The van der Waals surface area contributed by atoms with E-state index in [1.807, 2.05) is 0 Å². The van der Waals surface area contributed by atoms with Gasteiger partial charge < -0.3 is 5.32 Å². The first-order valence-electron chi connectivity index (χ1n) is 6.48. The maximum Gasteiger partial charge on any atom is 0.292 e. The van der Waals surface area contributed by atoms with Gasteiger partial charge in [0, 0.05) is 19.1 Å². The molecule has 1 heterocycles. The summed E-state index contributed by atoms with van der Waals surface area (Å²) in [5.74, 6) is -0.839. The summed E-state index contributed by atoms with van der Waals surface area (Å²) < 4.78 is 39.7. The minimum absolute atomic E-state index is 0.246. The molecule has 0 aliphatic carbocycles. The predicted octanol–water partition coefficient (Wildman–Crippen LogP) is 1.11. The molecule has 7 nitrogen and oxygen atoms in total. The van der Waals surface area contributed by atoms with E-state index in [9.17, 15) is 22.9 Å². The highest BCUT2D eigenvalue weighted by Crippen LogP contribution is 2.31. The lowest BCUT2D eigenvalue weighted by atomic mass is 10.2. The molecule has 0 aromatic heterocycles. The average Bonchev–Trinajstić information content (AvgIpc) is 2.87. The minimum atomic E-state index is -4.02. The Morgan fingerprint density at radius 3 is 2.86 bits per heavy atom. The number of benzene rings is 1. The van der Waals surface area contributed by atoms with Crippen LogP contribution in [0.25, 0.3) is 0 Å². The topological polar surface area (TPSA) is 92.6 Å². The SMILES string of the molecule is CNCC1CCCN1S(=O)(=O)c1ccc(F)cc1[N+](=O)[O-]. The smallest absolute Gasteiger partial charge is 0.292 e. The predicted molar refractivity (Wildman–Crippen MR) is 73.9 cm³/mol. The first kappa shape index (κ1) is 15.8. The van der Waals surface area contributed by atoms with Gasteiger partial charge in [-0.2, -0.15) is 4.31 Å². The first-order chi connectivity index (χ1) is 9.87. The molecule has 1 aliphatic rings. The summed E-state index contributed by atoms with van der Waals surface area (Å²) in [6.07, 6.45) is 1.38. The van der Waals surface area contributed by atoms with Crippen LogP contribution in [0.15, 0.2) is 23.1 Å². The van der Waals surface area contributed by atoms with Gasteiger partial charge in [0.05, 0.1) is 11.0 Å². The molecule has 9 heteroatoms. The van der Waals surface area contributed by atoms with Crippen molar-refractivity contribution < 1.29 is 17.7 Å². The van der Waals surface area contributed by atoms with Crippen molar-refractivity contribution in [2.24, 2.45) is 0 Å². The van der Waals surface area contributed by atoms with Gasteiger partial charge in [0.15, 0.2) is 4.90 Å². The van der Waals surface area contributed by atoms with E-state index in [0.717, 1.165) is 12.1 Å². The van der Waals surface area contributed by atoms with E-state index in [2.05, 4.69) is 5.32 Å². The molecule has 2 rings (SSSR count). The van der Waals surface area contributed by atoms with Crippen LogP contribution in [0.2, 0.25) is 0 Å². The Bertz CT molecular complexity index is 650. The molecule has 1 aliphatic heterocycles. The van der Waals surface area contributed by atoms with Crippen LogP contribution in [0.1, 0.15) is 12.8 Å². The van der Waals surface area contributed by atoms with Crippen LogP contribution in [0.3, 0.4) is 0 Å². The lowest BCUT2D eigenvalue weighted by molar-refractivity contribution is -0.388. The lowest BCUT2D eigenvalue weighted by Crippen LogP contribution is -2.40. The van der Waals surface area contributed by atoms with Crippen LogP contribution in [0, 0.1) is 15.9 Å². The summed E-state index contributed by atoms with van der Waals surface area (Å²) in [6, 6.07) is 2.26. The quantitative estimate of drug-likeness (QED) is 0.648. The van der Waals surface area contributed by atoms with Gasteiger partial charge in [-0.25, -0.2) is 12.8 Å². The van der Waals surface area contributed by atoms with Crippen molar-refractivity contribution >= 4 is 15.7 Å². The molecule has 0 spiro atoms. The highest BCUT2D eigenvalue weighted by Gasteiger charge is 2.38. The lowest BCUT2D eigenvalue weighted by Gasteiger charge is -2.23. The molecule has 0 radical (unpaired) electrons. The standard InChI is InChI=1S/C12H16FN3O4S/c1-14-8-10-3-2-6-15(10)21(19,20)12-5-4-9(13)7-11(12)16(17)18/h4-5,7,10,14H,2-3,6,8H2,1H3. The normalized spacial score (nSPS) is 19.8. The van der Waals surface area contributed by atoms with Crippen molar-refractivity contribution in [3.63, 3.8) is 0 Å². The number of hydrogen-bond acceptors (Lipinski definition) is 5. The molecule has 1 aromatic carbocycles. The van der Waals surface area contributed by atoms with Crippen LogP contribution in [-0.4, -0.2) is 43.8 Å². The second-order valence-electron chi connectivity index (χ2n) is 4.84. The molecule has 1 atom stereocenters. The number of rotatable bonds is 5. The summed E-state index contributed by atoms with van der Waals surface area (Å²) >= 11 is 0. The van der Waals surface area contributed by atoms with Gasteiger partial charge in [0.25, 0.3) is 5.69 Å². The highest BCUT2D eigenvalue weighted by molar-refractivity contribution is 7.89. The molecular weight excluding hydrogens is 301 g/mol. The fraction of sp³-hybridized carbons (Fsp3) is 0.500. The number of nitro benzene ring substituents is 1. The number of nitro groups is 1. The monoisotopic (exact) mass is 317 g/mol. The third-order valence-corrected chi connectivity index (χ3v) is 5.47. The second-order valence-corrected chi connectivity index (χ2v) is 6.70. The van der Waals surface area contributed by atoms with E-state index >= 15 is 0 Å². The van der Waals surface area contributed by atoms with Crippen LogP contribution in [0.5, 0.6) is 0 Å². The maximum atomic E-state index is 13.1. The van der Waals surface area contributed by atoms with E-state index in [1.165, 1.54) is 4.31 Å². The van der Waals surface area contributed by atoms with Crippen LogP contribution in [0.4, 0.5) is 10.1 Å². The summed E-state index contributed by atoms with van der Waals surface area (Å²) in [5.41, 5.74) is -0.731. The Morgan fingerprint density at radius 1 is 1.52 bits per heavy atom. The fourth-order valence-electron chi connectivity index (χ4n) is 2.54. The van der Waals surface area contributed by atoms with E-state index < -0.39 is 31.3 Å². The van der Waals surface area contributed by atoms with Crippen molar-refractivity contribution in [2.75, 3.05) is 20.1 Å². The van der Waals surface area contributed by atoms with Crippen molar-refractivity contribution in [3.05, 3.63) is 34.1 Å². The van der Waals surface area contributed by atoms with E-state index in [1.54, 1.807) is 7.05 Å². The number of sulfonamides is 1. The minimum Gasteiger partial charge on any atom is -0.318 e. The Balaban J connectivity index is 2.47. The Morgan fingerprint density at radius 2 is 2.24 bits per heavy atom. The van der Waals surface area contributed by atoms with Crippen molar-refractivity contribution in [2.45, 2.75) is 23.8 Å². The van der Waals surface area contributed by atoms with Gasteiger partial charge in [-0.3, -0.25) is 10.1 Å². The number of nitrogens with one attached hydrogen (secondary N) is 1. The van der Waals surface area contributed by atoms with Gasteiger partial charge in [-0.05, 0) is 32.0 Å². The van der Waals surface area contributed by atoms with Crippen LogP contribution < -0.4 is 5.32 Å². The maximum absolute atomic E-state index is 13.1. The van der Waals surface area contributed by atoms with Crippen LogP contribution >= 0.6 is 0 Å². The Labute approximate surface area is 122 Å². The molecule has 21 heavy (non-hydrogen) atoms. The summed E-state index contributed by atoms with van der Waals surface area (Å²) in [4.78, 5) is 9.65. The summed E-state index contributed by atoms with van der Waals surface area (Å²) in [6.45, 7) is 0.775. The van der Waals surface area contributed by atoms with Crippen LogP contribution in [-0.2, 0) is 10.0 Å². The molecule has 1 saturated heterocycles. The molecular formula is C12H16FN3O4S. The van der Waals surface area contributed by atoms with Gasteiger partial charge in [0.1, 0.15) is 5.82 Å². The van der Waals surface area contributed by atoms with Crippen molar-refractivity contribution in [1.82, 2.24) is 9.62 Å². The molecule has 1 N–H and O–H groups in total. The number of halogens is 1. The molecule has 0 saturated carbocycles. The first-order valence-corrected chi connectivity index (χ1v) is 7.92. The summed E-state index contributed by atoms with van der Waals surface area (Å²) in [7, 11) is -2.31. The number of likely N-dealkylation sites (N-methyl/N-ethyl adjacent to an activating group) is 1. The summed E-state index contributed by atoms with van der Waals surface area (Å²) in [5, 5.41) is 13.9. The molecule has 1 fully saturated rings. The Hall–Kier alpha value is -1.58. The zero-order valence-corrected chi connectivity index (χ0v) is 12.3. The number of hydrogen-bond donors (Lipinski definition) is 1. The zero-order valence-electron chi connectivity index (χ0n) is 11.5. The van der Waals surface area contributed by atoms with E-state index in [4.69, 9.17) is 0 Å².